The van der Waals surface area contributed by atoms with Crippen molar-refractivity contribution in [2.45, 2.75) is 70.5 Å². The Hall–Kier alpha value is -2.63. The molecular formula is C35H50Cl2N8O2. The van der Waals surface area contributed by atoms with Crippen LogP contribution in [0.5, 0.6) is 0 Å². The minimum absolute atomic E-state index is 0.00334. The number of likely N-dealkylation sites (N-methyl/N-ethyl adjacent to an activating group) is 1. The Kier molecular flexibility index (Phi) is 9.73. The van der Waals surface area contributed by atoms with Gasteiger partial charge in [0, 0.05) is 97.1 Å². The molecule has 1 spiro atoms. The Labute approximate surface area is 289 Å². The fourth-order valence-corrected chi connectivity index (χ4v) is 8.84. The van der Waals surface area contributed by atoms with E-state index < -0.39 is 0 Å². The first-order chi connectivity index (χ1) is 22.4. The van der Waals surface area contributed by atoms with Crippen LogP contribution in [0.25, 0.3) is 11.1 Å². The summed E-state index contributed by atoms with van der Waals surface area (Å²) in [5.74, 6) is 0.880. The van der Waals surface area contributed by atoms with Crippen molar-refractivity contribution in [1.82, 2.24) is 24.5 Å². The molecule has 12 heteroatoms. The average molecular weight is 686 g/mol. The molecule has 1 aliphatic carbocycles. The maximum absolute atomic E-state index is 11.9. The van der Waals surface area contributed by atoms with Gasteiger partial charge in [-0.3, -0.25) is 14.4 Å². The van der Waals surface area contributed by atoms with Gasteiger partial charge in [0.2, 0.25) is 5.91 Å². The second-order valence-electron chi connectivity index (χ2n) is 14.8. The van der Waals surface area contributed by atoms with Gasteiger partial charge in [0.15, 0.2) is 5.82 Å². The topological polar surface area (TPSA) is 107 Å². The molecule has 0 bridgehead atoms. The van der Waals surface area contributed by atoms with Gasteiger partial charge in [0.25, 0.3) is 0 Å². The molecule has 5 aliphatic rings. The number of ether oxygens (including phenoxy) is 1. The van der Waals surface area contributed by atoms with E-state index in [4.69, 9.17) is 44.2 Å². The third-order valence-corrected chi connectivity index (χ3v) is 11.9. The number of halogens is 2. The highest BCUT2D eigenvalue weighted by molar-refractivity contribution is 6.44. The van der Waals surface area contributed by atoms with Gasteiger partial charge < -0.3 is 30.6 Å². The Balaban J connectivity index is 0.000000295. The van der Waals surface area contributed by atoms with Gasteiger partial charge in [-0.2, -0.15) is 5.10 Å². The number of morpholine rings is 1. The molecule has 5 fully saturated rings. The van der Waals surface area contributed by atoms with Crippen LogP contribution in [0.15, 0.2) is 18.7 Å². The summed E-state index contributed by atoms with van der Waals surface area (Å²) in [4.78, 5) is 21.1. The van der Waals surface area contributed by atoms with Gasteiger partial charge in [-0.15, -0.1) is 0 Å². The third-order valence-electron chi connectivity index (χ3n) is 11.1. The number of nitrogens with two attached hydrogens (primary N) is 1. The van der Waals surface area contributed by atoms with E-state index in [1.165, 1.54) is 38.3 Å². The molecule has 10 nitrogen and oxygen atoms in total. The maximum atomic E-state index is 11.9. The molecule has 1 atom stereocenters. The first-order valence-electron chi connectivity index (χ1n) is 16.9. The number of carbonyl (C=O) groups is 1. The van der Waals surface area contributed by atoms with E-state index in [-0.39, 0.29) is 22.9 Å². The fourth-order valence-electron chi connectivity index (χ4n) is 8.38. The molecule has 1 unspecified atom stereocenters. The predicted octanol–water partition coefficient (Wildman–Crippen LogP) is 5.50. The van der Waals surface area contributed by atoms with E-state index in [0.717, 1.165) is 82.2 Å². The third kappa shape index (κ3) is 6.44. The largest absolute Gasteiger partial charge is 0.398 e. The van der Waals surface area contributed by atoms with Crippen LogP contribution in [-0.2, 0) is 9.53 Å². The lowest BCUT2D eigenvalue weighted by molar-refractivity contribution is -0.149. The number of nitrogens with one attached hydrogen (secondary N) is 1. The molecule has 4 saturated heterocycles. The molecule has 1 aromatic carbocycles. The molecule has 1 aromatic heterocycles. The standard InChI is InChI=1S/C27H34Cl2N6O.C8H16N2O/c1-5-21(36)33-14-27(15-33)11-17(12-27)35-16(2)22(23-18(13-30)20(31)10-19(28)24(23)29)25(32-35)34-9-7-6-8-26(34,3)4;1-9-2-3-10-4-5-11-7-8(10)6-9/h5,10,13,17,30H,1,6-9,11-12,14-15,31H2,2-4H3;8H,2-7H2,1H3. The normalized spacial score (nSPS) is 24.1. The summed E-state index contributed by atoms with van der Waals surface area (Å²) < 4.78 is 7.56. The van der Waals surface area contributed by atoms with Crippen molar-refractivity contribution in [3.05, 3.63) is 40.0 Å². The summed E-state index contributed by atoms with van der Waals surface area (Å²) in [6.45, 7) is 19.3. The number of nitrogens with zero attached hydrogens (tertiary/aromatic N) is 6. The molecule has 3 N–H and O–H groups in total. The first-order valence-corrected chi connectivity index (χ1v) is 17.7. The molecule has 5 heterocycles. The number of likely N-dealkylation sites (tertiary alicyclic amines) is 1. The molecule has 1 saturated carbocycles. The number of hydrogen-bond donors (Lipinski definition) is 2. The molecule has 2 aromatic rings. The van der Waals surface area contributed by atoms with Gasteiger partial charge in [-0.05, 0) is 72.1 Å². The number of aromatic nitrogens is 2. The average Bonchev–Trinajstić information content (AvgIpc) is 3.32. The lowest BCUT2D eigenvalue weighted by atomic mass is 9.60. The number of carbonyl (C=O) groups excluding carboxylic acids is 1. The molecule has 256 valence electrons. The number of amides is 1. The number of rotatable bonds is 5. The van der Waals surface area contributed by atoms with Crippen LogP contribution < -0.4 is 10.6 Å². The Morgan fingerprint density at radius 3 is 2.55 bits per heavy atom. The van der Waals surface area contributed by atoms with Gasteiger partial charge >= 0.3 is 0 Å². The van der Waals surface area contributed by atoms with Crippen molar-refractivity contribution < 1.29 is 9.53 Å². The molecule has 47 heavy (non-hydrogen) atoms. The minimum Gasteiger partial charge on any atom is -0.398 e. The van der Waals surface area contributed by atoms with Gasteiger partial charge in [-0.25, -0.2) is 0 Å². The Morgan fingerprint density at radius 1 is 1.13 bits per heavy atom. The van der Waals surface area contributed by atoms with Gasteiger partial charge in [0.1, 0.15) is 0 Å². The van der Waals surface area contributed by atoms with Crippen molar-refractivity contribution in [3.63, 3.8) is 0 Å². The van der Waals surface area contributed by atoms with E-state index in [1.54, 1.807) is 6.07 Å². The van der Waals surface area contributed by atoms with E-state index in [9.17, 15) is 4.79 Å². The molecular weight excluding hydrogens is 635 g/mol. The highest BCUT2D eigenvalue weighted by Crippen LogP contribution is 2.56. The summed E-state index contributed by atoms with van der Waals surface area (Å²) in [6, 6.07) is 2.52. The fraction of sp³-hybridized carbons (Fsp3) is 0.629. The van der Waals surface area contributed by atoms with E-state index in [1.807, 2.05) is 4.90 Å². The van der Waals surface area contributed by atoms with Crippen molar-refractivity contribution in [3.8, 4) is 11.1 Å². The number of anilines is 2. The number of piperidine rings is 1. The van der Waals surface area contributed by atoms with Crippen LogP contribution in [0.3, 0.4) is 0 Å². The highest BCUT2D eigenvalue weighted by Gasteiger charge is 2.54. The summed E-state index contributed by atoms with van der Waals surface area (Å²) in [6.07, 6.45) is 7.94. The summed E-state index contributed by atoms with van der Waals surface area (Å²) in [7, 11) is 2.19. The first kappa shape index (κ1) is 34.2. The van der Waals surface area contributed by atoms with Crippen LogP contribution in [0.4, 0.5) is 11.5 Å². The zero-order valence-electron chi connectivity index (χ0n) is 28.3. The lowest BCUT2D eigenvalue weighted by Gasteiger charge is -2.58. The number of hydrogen-bond acceptors (Lipinski definition) is 8. The SMILES string of the molecule is C=CC(=O)N1CC2(CC(n3nc(N4CCCCC4(C)C)c(-c4c(Cl)c(Cl)cc(N)c4C=N)c3C)C2)C1.CN1CCN2CCOCC2C1. The van der Waals surface area contributed by atoms with Gasteiger partial charge in [0.05, 0.1) is 29.3 Å². The monoisotopic (exact) mass is 684 g/mol. The number of nitrogen functional groups attached to an aromatic ring is 1. The van der Waals surface area contributed by atoms with Crippen molar-refractivity contribution in [2.75, 3.05) is 76.7 Å². The summed E-state index contributed by atoms with van der Waals surface area (Å²) in [5.41, 5.74) is 9.98. The van der Waals surface area contributed by atoms with Crippen molar-refractivity contribution in [2.24, 2.45) is 5.41 Å². The summed E-state index contributed by atoms with van der Waals surface area (Å²) in [5, 5.41) is 14.1. The summed E-state index contributed by atoms with van der Waals surface area (Å²) >= 11 is 13.3. The maximum Gasteiger partial charge on any atom is 0.245 e. The Bertz CT molecular complexity index is 1530. The van der Waals surface area contributed by atoms with Crippen LogP contribution in [0, 0.1) is 17.7 Å². The molecule has 7 rings (SSSR count). The quantitative estimate of drug-likeness (QED) is 0.244. The number of fused-ring (bicyclic) bond motifs is 1. The van der Waals surface area contributed by atoms with Crippen molar-refractivity contribution in [1.29, 1.82) is 5.41 Å². The number of benzene rings is 1. The zero-order chi connectivity index (χ0) is 33.7. The minimum atomic E-state index is -0.0690. The molecule has 1 amide bonds. The van der Waals surface area contributed by atoms with Crippen LogP contribution in [-0.4, -0.2) is 114 Å². The second-order valence-corrected chi connectivity index (χ2v) is 15.6. The smallest absolute Gasteiger partial charge is 0.245 e. The zero-order valence-corrected chi connectivity index (χ0v) is 29.8. The highest BCUT2D eigenvalue weighted by atomic mass is 35.5. The predicted molar refractivity (Wildman–Crippen MR) is 191 cm³/mol. The number of piperazine rings is 1. The van der Waals surface area contributed by atoms with E-state index >= 15 is 0 Å². The van der Waals surface area contributed by atoms with Crippen molar-refractivity contribution >= 4 is 46.8 Å². The van der Waals surface area contributed by atoms with Crippen LogP contribution in [0.2, 0.25) is 10.0 Å². The molecule has 4 aliphatic heterocycles. The lowest BCUT2D eigenvalue weighted by Crippen LogP contribution is -2.63. The van der Waals surface area contributed by atoms with Crippen LogP contribution >= 0.6 is 23.2 Å². The van der Waals surface area contributed by atoms with Crippen LogP contribution in [0.1, 0.15) is 63.3 Å². The Morgan fingerprint density at radius 2 is 1.87 bits per heavy atom. The second kappa shape index (κ2) is 13.3. The van der Waals surface area contributed by atoms with E-state index in [0.29, 0.717) is 32.9 Å². The van der Waals surface area contributed by atoms with E-state index in [2.05, 4.69) is 53.8 Å². The van der Waals surface area contributed by atoms with Gasteiger partial charge in [-0.1, -0.05) is 29.8 Å². The molecule has 0 radical (unpaired) electrons.